The fourth-order valence-corrected chi connectivity index (χ4v) is 1.39. The largest absolute Gasteiger partial charge is 0.444 e. The van der Waals surface area contributed by atoms with Gasteiger partial charge >= 0.3 is 6.09 Å². The maximum Gasteiger partial charge on any atom is 0.413 e. The van der Waals surface area contributed by atoms with Crippen molar-refractivity contribution in [3.05, 3.63) is 54.0 Å². The number of rotatable bonds is 3. The van der Waals surface area contributed by atoms with Gasteiger partial charge in [0.15, 0.2) is 5.82 Å². The molecule has 0 radical (unpaired) electrons. The third-order valence-electron chi connectivity index (χ3n) is 2.33. The molecule has 6 heteroatoms. The summed E-state index contributed by atoms with van der Waals surface area (Å²) < 4.78 is 17.9. The van der Waals surface area contributed by atoms with Crippen molar-refractivity contribution in [2.75, 3.05) is 11.1 Å². The molecule has 0 aliphatic rings. The summed E-state index contributed by atoms with van der Waals surface area (Å²) in [6, 6.07) is 10.5. The Labute approximate surface area is 109 Å². The number of hydrogen-bond acceptors (Lipinski definition) is 4. The van der Waals surface area contributed by atoms with Crippen LogP contribution >= 0.6 is 0 Å². The van der Waals surface area contributed by atoms with Crippen molar-refractivity contribution in [2.45, 2.75) is 6.61 Å². The molecule has 0 unspecified atom stereocenters. The lowest BCUT2D eigenvalue weighted by molar-refractivity contribution is 0.155. The number of nitrogen functional groups attached to an aromatic ring is 1. The molecular weight excluding hydrogens is 249 g/mol. The second-order valence-corrected chi connectivity index (χ2v) is 3.78. The zero-order valence-electron chi connectivity index (χ0n) is 9.97. The van der Waals surface area contributed by atoms with E-state index in [0.29, 0.717) is 0 Å². The number of benzene rings is 1. The Hall–Kier alpha value is -2.63. The van der Waals surface area contributed by atoms with Gasteiger partial charge in [-0.15, -0.1) is 0 Å². The minimum atomic E-state index is -0.678. The molecule has 5 nitrogen and oxygen atoms in total. The van der Waals surface area contributed by atoms with Crippen LogP contribution in [-0.2, 0) is 11.3 Å². The lowest BCUT2D eigenvalue weighted by Crippen LogP contribution is -2.14. The molecule has 0 bridgehead atoms. The van der Waals surface area contributed by atoms with Gasteiger partial charge in [-0.1, -0.05) is 30.3 Å². The highest BCUT2D eigenvalue weighted by atomic mass is 19.1. The maximum absolute atomic E-state index is 12.9. The van der Waals surface area contributed by atoms with Crippen molar-refractivity contribution in [3.8, 4) is 0 Å². The molecule has 2 aromatic rings. The van der Waals surface area contributed by atoms with E-state index >= 15 is 0 Å². The van der Waals surface area contributed by atoms with Gasteiger partial charge in [0.1, 0.15) is 12.4 Å². The first-order valence-electron chi connectivity index (χ1n) is 5.54. The number of nitrogens with zero attached hydrogens (tertiary/aromatic N) is 1. The van der Waals surface area contributed by atoms with Crippen molar-refractivity contribution < 1.29 is 13.9 Å². The summed E-state index contributed by atoms with van der Waals surface area (Å²) in [5, 5.41) is 2.36. The predicted octanol–water partition coefficient (Wildman–Crippen LogP) is 2.55. The van der Waals surface area contributed by atoms with Crippen molar-refractivity contribution in [3.63, 3.8) is 0 Å². The van der Waals surface area contributed by atoms with E-state index in [-0.39, 0.29) is 18.1 Å². The summed E-state index contributed by atoms with van der Waals surface area (Å²) in [6.07, 6.45) is 0.254. The van der Waals surface area contributed by atoms with Gasteiger partial charge in [0.05, 0.1) is 11.9 Å². The lowest BCUT2D eigenvalue weighted by Gasteiger charge is -2.07. The quantitative estimate of drug-likeness (QED) is 0.890. The van der Waals surface area contributed by atoms with Crippen LogP contribution in [0.2, 0.25) is 0 Å². The molecular formula is C13H12FN3O2. The summed E-state index contributed by atoms with van der Waals surface area (Å²) >= 11 is 0. The average molecular weight is 261 g/mol. The molecule has 0 aliphatic heterocycles. The number of anilines is 2. The van der Waals surface area contributed by atoms with E-state index in [4.69, 9.17) is 10.5 Å². The molecule has 0 saturated carbocycles. The minimum Gasteiger partial charge on any atom is -0.444 e. The highest BCUT2D eigenvalue weighted by molar-refractivity contribution is 5.83. The molecule has 0 spiro atoms. The Balaban J connectivity index is 1.89. The van der Waals surface area contributed by atoms with E-state index in [1.54, 1.807) is 0 Å². The van der Waals surface area contributed by atoms with Crippen LogP contribution in [0.25, 0.3) is 0 Å². The molecule has 2 rings (SSSR count). The molecule has 1 heterocycles. The summed E-state index contributed by atoms with van der Waals surface area (Å²) in [7, 11) is 0. The second-order valence-electron chi connectivity index (χ2n) is 3.78. The van der Waals surface area contributed by atoms with Crippen molar-refractivity contribution in [2.24, 2.45) is 0 Å². The van der Waals surface area contributed by atoms with E-state index in [9.17, 15) is 9.18 Å². The average Bonchev–Trinajstić information content (AvgIpc) is 2.42. The highest BCUT2D eigenvalue weighted by Gasteiger charge is 2.06. The lowest BCUT2D eigenvalue weighted by atomic mass is 10.2. The standard InChI is InChI=1S/C13H12FN3O2/c14-10-7-16-12(6-11(10)15)17-13(18)19-8-9-4-2-1-3-5-9/h1-7H,8H2,(H3,15,16,17,18). The molecule has 98 valence electrons. The van der Waals surface area contributed by atoms with Crippen LogP contribution in [0.15, 0.2) is 42.6 Å². The minimum absolute atomic E-state index is 0.0895. The number of aromatic nitrogens is 1. The van der Waals surface area contributed by atoms with Gasteiger partial charge in [-0.2, -0.15) is 0 Å². The number of carbonyl (C=O) groups is 1. The zero-order chi connectivity index (χ0) is 13.7. The SMILES string of the molecule is Nc1cc(NC(=O)OCc2ccccc2)ncc1F. The summed E-state index contributed by atoms with van der Waals surface area (Å²) in [4.78, 5) is 15.1. The van der Waals surface area contributed by atoms with Crippen molar-refractivity contribution in [1.29, 1.82) is 0 Å². The Morgan fingerprint density at radius 2 is 2.11 bits per heavy atom. The van der Waals surface area contributed by atoms with Crippen LogP contribution in [0.1, 0.15) is 5.56 Å². The number of ether oxygens (including phenoxy) is 1. The van der Waals surface area contributed by atoms with Crippen LogP contribution < -0.4 is 11.1 Å². The van der Waals surface area contributed by atoms with Crippen LogP contribution in [0.3, 0.4) is 0 Å². The van der Waals surface area contributed by atoms with E-state index in [0.717, 1.165) is 11.8 Å². The van der Waals surface area contributed by atoms with Crippen LogP contribution in [0.5, 0.6) is 0 Å². The molecule has 1 aromatic heterocycles. The number of nitrogens with one attached hydrogen (secondary N) is 1. The maximum atomic E-state index is 12.9. The number of nitrogens with two attached hydrogens (primary N) is 1. The highest BCUT2D eigenvalue weighted by Crippen LogP contribution is 2.13. The van der Waals surface area contributed by atoms with Gasteiger partial charge in [0.2, 0.25) is 0 Å². The smallest absolute Gasteiger partial charge is 0.413 e. The Kier molecular flexibility index (Phi) is 3.92. The Morgan fingerprint density at radius 3 is 2.79 bits per heavy atom. The topological polar surface area (TPSA) is 77.2 Å². The molecule has 19 heavy (non-hydrogen) atoms. The Morgan fingerprint density at radius 1 is 1.37 bits per heavy atom. The predicted molar refractivity (Wildman–Crippen MR) is 68.9 cm³/mol. The molecule has 0 fully saturated rings. The van der Waals surface area contributed by atoms with Crippen LogP contribution in [0, 0.1) is 5.82 Å². The van der Waals surface area contributed by atoms with Gasteiger partial charge < -0.3 is 10.5 Å². The molecule has 0 aliphatic carbocycles. The Bertz CT molecular complexity index is 575. The van der Waals surface area contributed by atoms with Crippen LogP contribution in [0.4, 0.5) is 20.7 Å². The van der Waals surface area contributed by atoms with E-state index in [1.807, 2.05) is 30.3 Å². The number of carbonyl (C=O) groups excluding carboxylic acids is 1. The number of halogens is 1. The van der Waals surface area contributed by atoms with Gasteiger partial charge in [-0.05, 0) is 5.56 Å². The molecule has 0 atom stereocenters. The fraction of sp³-hybridized carbons (Fsp3) is 0.0769. The molecule has 3 N–H and O–H groups in total. The van der Waals surface area contributed by atoms with Gasteiger partial charge in [0.25, 0.3) is 0 Å². The number of pyridine rings is 1. The monoisotopic (exact) mass is 261 g/mol. The van der Waals surface area contributed by atoms with Gasteiger partial charge in [0, 0.05) is 6.07 Å². The zero-order valence-corrected chi connectivity index (χ0v) is 9.97. The number of amides is 1. The second kappa shape index (κ2) is 5.81. The van der Waals surface area contributed by atoms with E-state index < -0.39 is 11.9 Å². The van der Waals surface area contributed by atoms with Crippen LogP contribution in [-0.4, -0.2) is 11.1 Å². The first-order valence-corrected chi connectivity index (χ1v) is 5.54. The summed E-state index contributed by atoms with van der Waals surface area (Å²) in [5.74, 6) is -0.500. The van der Waals surface area contributed by atoms with Gasteiger partial charge in [-0.25, -0.2) is 14.2 Å². The van der Waals surface area contributed by atoms with E-state index in [1.165, 1.54) is 6.07 Å². The van der Waals surface area contributed by atoms with E-state index in [2.05, 4.69) is 10.3 Å². The first-order chi connectivity index (χ1) is 9.15. The summed E-state index contributed by atoms with van der Waals surface area (Å²) in [5.41, 5.74) is 6.13. The normalized spacial score (nSPS) is 9.95. The summed E-state index contributed by atoms with van der Waals surface area (Å²) in [6.45, 7) is 0.142. The molecule has 1 amide bonds. The molecule has 0 saturated heterocycles. The van der Waals surface area contributed by atoms with Crippen molar-refractivity contribution in [1.82, 2.24) is 4.98 Å². The van der Waals surface area contributed by atoms with Gasteiger partial charge in [-0.3, -0.25) is 5.32 Å². The number of hydrogen-bond donors (Lipinski definition) is 2. The first kappa shape index (κ1) is 12.8. The third-order valence-corrected chi connectivity index (χ3v) is 2.33. The fourth-order valence-electron chi connectivity index (χ4n) is 1.39. The molecule has 1 aromatic carbocycles. The van der Waals surface area contributed by atoms with Crippen molar-refractivity contribution >= 4 is 17.6 Å². The third kappa shape index (κ3) is 3.67.